The number of carbonyl (C=O) groups is 1. The third-order valence-electron chi connectivity index (χ3n) is 3.39. The number of hydrogen-bond donors (Lipinski definition) is 1. The summed E-state index contributed by atoms with van der Waals surface area (Å²) in [6, 6.07) is 5.90. The topological polar surface area (TPSA) is 45.2 Å². The summed E-state index contributed by atoms with van der Waals surface area (Å²) in [4.78, 5) is 18.7. The molecule has 4 nitrogen and oxygen atoms in total. The predicted molar refractivity (Wildman–Crippen MR) is 72.8 cm³/mol. The van der Waals surface area contributed by atoms with E-state index in [-0.39, 0.29) is 5.91 Å². The highest BCUT2D eigenvalue weighted by Gasteiger charge is 2.24. The van der Waals surface area contributed by atoms with Gasteiger partial charge in [0, 0.05) is 19.1 Å². The molecule has 0 aromatic carbocycles. The quantitative estimate of drug-likeness (QED) is 0.892. The highest BCUT2D eigenvalue weighted by molar-refractivity contribution is 5.93. The molecule has 0 spiro atoms. The van der Waals surface area contributed by atoms with Gasteiger partial charge in [-0.3, -0.25) is 4.79 Å². The molecule has 18 heavy (non-hydrogen) atoms. The van der Waals surface area contributed by atoms with Crippen molar-refractivity contribution in [1.82, 2.24) is 9.88 Å². The predicted octanol–water partition coefficient (Wildman–Crippen LogP) is 2.53. The maximum Gasteiger partial charge on any atom is 0.272 e. The lowest BCUT2D eigenvalue weighted by atomic mass is 10.0. The van der Waals surface area contributed by atoms with Crippen LogP contribution in [0.15, 0.2) is 18.2 Å². The van der Waals surface area contributed by atoms with E-state index in [9.17, 15) is 4.79 Å². The SMILES string of the molecule is CCNc1cccc(C(=O)N2CCCCC2C)n1. The lowest BCUT2D eigenvalue weighted by molar-refractivity contribution is 0.0629. The zero-order valence-electron chi connectivity index (χ0n) is 11.1. The lowest BCUT2D eigenvalue weighted by Gasteiger charge is -2.33. The number of anilines is 1. The van der Waals surface area contributed by atoms with E-state index in [0.717, 1.165) is 31.7 Å². The summed E-state index contributed by atoms with van der Waals surface area (Å²) in [6.07, 6.45) is 3.41. The maximum absolute atomic E-state index is 12.4. The van der Waals surface area contributed by atoms with Crippen LogP contribution in [0.5, 0.6) is 0 Å². The van der Waals surface area contributed by atoms with Crippen LogP contribution < -0.4 is 5.32 Å². The molecule has 1 aromatic heterocycles. The van der Waals surface area contributed by atoms with Crippen LogP contribution in [0.3, 0.4) is 0 Å². The molecule has 1 aliphatic rings. The minimum Gasteiger partial charge on any atom is -0.370 e. The summed E-state index contributed by atoms with van der Waals surface area (Å²) in [5, 5.41) is 3.14. The standard InChI is InChI=1S/C14H21N3O/c1-3-15-13-9-6-8-12(16-13)14(18)17-10-5-4-7-11(17)2/h6,8-9,11H,3-5,7,10H2,1-2H3,(H,15,16). The van der Waals surface area contributed by atoms with Crippen LogP contribution >= 0.6 is 0 Å². The molecule has 1 amide bonds. The molecule has 0 radical (unpaired) electrons. The Hall–Kier alpha value is -1.58. The molecule has 1 saturated heterocycles. The van der Waals surface area contributed by atoms with Crippen molar-refractivity contribution in [3.63, 3.8) is 0 Å². The molecule has 0 aliphatic carbocycles. The van der Waals surface area contributed by atoms with E-state index in [1.807, 2.05) is 24.0 Å². The van der Waals surface area contributed by atoms with Crippen molar-refractivity contribution < 1.29 is 4.79 Å². The van der Waals surface area contributed by atoms with Gasteiger partial charge in [0.15, 0.2) is 0 Å². The molecule has 0 saturated carbocycles. The summed E-state index contributed by atoms with van der Waals surface area (Å²) in [7, 11) is 0. The molecular formula is C14H21N3O. The Labute approximate surface area is 108 Å². The zero-order chi connectivity index (χ0) is 13.0. The van der Waals surface area contributed by atoms with Crippen molar-refractivity contribution in [2.75, 3.05) is 18.4 Å². The van der Waals surface area contributed by atoms with Crippen LogP contribution in [0, 0.1) is 0 Å². The Morgan fingerprint density at radius 1 is 1.50 bits per heavy atom. The summed E-state index contributed by atoms with van der Waals surface area (Å²) in [5.74, 6) is 0.829. The van der Waals surface area contributed by atoms with E-state index >= 15 is 0 Å². The lowest BCUT2D eigenvalue weighted by Crippen LogP contribution is -2.42. The van der Waals surface area contributed by atoms with Gasteiger partial charge >= 0.3 is 0 Å². The molecule has 98 valence electrons. The molecule has 1 aromatic rings. The Morgan fingerprint density at radius 2 is 2.33 bits per heavy atom. The fourth-order valence-corrected chi connectivity index (χ4v) is 2.38. The van der Waals surface area contributed by atoms with Gasteiger partial charge in [-0.15, -0.1) is 0 Å². The summed E-state index contributed by atoms with van der Waals surface area (Å²) >= 11 is 0. The van der Waals surface area contributed by atoms with Crippen LogP contribution in [0.4, 0.5) is 5.82 Å². The largest absolute Gasteiger partial charge is 0.370 e. The summed E-state index contributed by atoms with van der Waals surface area (Å²) < 4.78 is 0. The second-order valence-electron chi connectivity index (χ2n) is 4.78. The molecule has 1 unspecified atom stereocenters. The van der Waals surface area contributed by atoms with Gasteiger partial charge in [0.05, 0.1) is 0 Å². The number of nitrogens with one attached hydrogen (secondary N) is 1. The fraction of sp³-hybridized carbons (Fsp3) is 0.571. The van der Waals surface area contributed by atoms with Gasteiger partial charge in [-0.25, -0.2) is 4.98 Å². The van der Waals surface area contributed by atoms with Crippen LogP contribution in [-0.2, 0) is 0 Å². The number of piperidine rings is 1. The number of amides is 1. The molecular weight excluding hydrogens is 226 g/mol. The second-order valence-corrected chi connectivity index (χ2v) is 4.78. The Balaban J connectivity index is 2.14. The highest BCUT2D eigenvalue weighted by atomic mass is 16.2. The molecule has 1 fully saturated rings. The number of carbonyl (C=O) groups excluding carboxylic acids is 1. The van der Waals surface area contributed by atoms with Crippen molar-refractivity contribution in [2.45, 2.75) is 39.2 Å². The maximum atomic E-state index is 12.4. The molecule has 1 N–H and O–H groups in total. The molecule has 2 heterocycles. The second kappa shape index (κ2) is 5.85. The molecule has 0 bridgehead atoms. The normalized spacial score (nSPS) is 19.7. The first-order chi connectivity index (χ1) is 8.72. The van der Waals surface area contributed by atoms with Gasteiger partial charge < -0.3 is 10.2 Å². The van der Waals surface area contributed by atoms with Crippen LogP contribution in [0.1, 0.15) is 43.6 Å². The first kappa shape index (κ1) is 12.9. The fourth-order valence-electron chi connectivity index (χ4n) is 2.38. The van der Waals surface area contributed by atoms with E-state index in [2.05, 4.69) is 17.2 Å². The molecule has 4 heteroatoms. The van der Waals surface area contributed by atoms with Crippen molar-refractivity contribution >= 4 is 11.7 Å². The number of aromatic nitrogens is 1. The third kappa shape index (κ3) is 2.81. The number of likely N-dealkylation sites (tertiary alicyclic amines) is 1. The minimum absolute atomic E-state index is 0.0574. The van der Waals surface area contributed by atoms with Crippen molar-refractivity contribution in [3.8, 4) is 0 Å². The number of nitrogens with zero attached hydrogens (tertiary/aromatic N) is 2. The van der Waals surface area contributed by atoms with Gasteiger partial charge in [-0.1, -0.05) is 6.07 Å². The Bertz CT molecular complexity index is 419. The van der Waals surface area contributed by atoms with E-state index in [1.165, 1.54) is 6.42 Å². The molecule has 1 atom stereocenters. The highest BCUT2D eigenvalue weighted by Crippen LogP contribution is 2.19. The van der Waals surface area contributed by atoms with Gasteiger partial charge in [0.1, 0.15) is 11.5 Å². The first-order valence-corrected chi connectivity index (χ1v) is 6.74. The van der Waals surface area contributed by atoms with Gasteiger partial charge in [0.2, 0.25) is 0 Å². The number of hydrogen-bond acceptors (Lipinski definition) is 3. The van der Waals surface area contributed by atoms with E-state index in [0.29, 0.717) is 11.7 Å². The van der Waals surface area contributed by atoms with Gasteiger partial charge in [-0.2, -0.15) is 0 Å². The number of pyridine rings is 1. The minimum atomic E-state index is 0.0574. The average Bonchev–Trinajstić information content (AvgIpc) is 2.39. The van der Waals surface area contributed by atoms with E-state index in [4.69, 9.17) is 0 Å². The Morgan fingerprint density at radius 3 is 3.06 bits per heavy atom. The third-order valence-corrected chi connectivity index (χ3v) is 3.39. The Kier molecular flexibility index (Phi) is 4.18. The number of rotatable bonds is 3. The van der Waals surface area contributed by atoms with Gasteiger partial charge in [0.25, 0.3) is 5.91 Å². The van der Waals surface area contributed by atoms with Crippen LogP contribution in [0.2, 0.25) is 0 Å². The summed E-state index contributed by atoms with van der Waals surface area (Å²) in [5.41, 5.74) is 0.544. The molecule has 2 rings (SSSR count). The van der Waals surface area contributed by atoms with Crippen LogP contribution in [-0.4, -0.2) is 34.9 Å². The summed E-state index contributed by atoms with van der Waals surface area (Å²) in [6.45, 7) is 5.80. The van der Waals surface area contributed by atoms with Crippen molar-refractivity contribution in [2.24, 2.45) is 0 Å². The van der Waals surface area contributed by atoms with E-state index in [1.54, 1.807) is 6.07 Å². The smallest absolute Gasteiger partial charge is 0.272 e. The monoisotopic (exact) mass is 247 g/mol. The van der Waals surface area contributed by atoms with Gasteiger partial charge in [-0.05, 0) is 45.2 Å². The van der Waals surface area contributed by atoms with Crippen molar-refractivity contribution in [1.29, 1.82) is 0 Å². The van der Waals surface area contributed by atoms with E-state index < -0.39 is 0 Å². The van der Waals surface area contributed by atoms with Crippen LogP contribution in [0.25, 0.3) is 0 Å². The first-order valence-electron chi connectivity index (χ1n) is 6.74. The average molecular weight is 247 g/mol. The van der Waals surface area contributed by atoms with Crippen molar-refractivity contribution in [3.05, 3.63) is 23.9 Å². The zero-order valence-corrected chi connectivity index (χ0v) is 11.1. The molecule has 1 aliphatic heterocycles.